The Kier molecular flexibility index (Phi) is 10.2. The molecule has 0 bridgehead atoms. The predicted molar refractivity (Wildman–Crippen MR) is 154 cm³/mol. The molecule has 2 N–H and O–H groups in total. The minimum atomic E-state index is -4.89. The summed E-state index contributed by atoms with van der Waals surface area (Å²) < 4.78 is 97.4. The molecule has 1 fully saturated rings. The van der Waals surface area contributed by atoms with E-state index in [2.05, 4.69) is 20.4 Å². The van der Waals surface area contributed by atoms with Crippen molar-refractivity contribution in [3.05, 3.63) is 71.1 Å². The van der Waals surface area contributed by atoms with Crippen LogP contribution < -0.4 is 10.1 Å². The van der Waals surface area contributed by atoms with Crippen molar-refractivity contribution in [2.45, 2.75) is 57.6 Å². The molecule has 2 heterocycles. The molecule has 0 spiro atoms. The third kappa shape index (κ3) is 9.23. The highest BCUT2D eigenvalue weighted by Crippen LogP contribution is 2.39. The average Bonchev–Trinajstić information content (AvgIpc) is 3.63. The number of benzene rings is 2. The largest absolute Gasteiger partial charge is 0.489 e. The Bertz CT molecular complexity index is 1660. The zero-order valence-electron chi connectivity index (χ0n) is 25.1. The molecule has 1 saturated heterocycles. The van der Waals surface area contributed by atoms with E-state index in [-0.39, 0.29) is 35.3 Å². The maximum atomic E-state index is 14.0. The van der Waals surface area contributed by atoms with Gasteiger partial charge < -0.3 is 24.0 Å². The summed E-state index contributed by atoms with van der Waals surface area (Å²) in [6.07, 6.45) is -8.94. The Hall–Kier alpha value is -5.09. The molecule has 1 atom stereocenters. The topological polar surface area (TPSA) is 139 Å². The molecule has 0 radical (unpaired) electrons. The van der Waals surface area contributed by atoms with Crippen LogP contribution in [0, 0.1) is 0 Å². The standard InChI is InChI=1S/C30H29F6N5O6/c1-28(2,3)46-27(44)39-25(38-26(42)43)41-14-6-11-21(41)24-37-23(40-47-24)18-12-13-22(20(16-18)30(34,35)36)45-15-7-9-17-8-4-5-10-19(17)29(31,32)33/h4-5,7-10,12-13,16,21H,6,11,14-15H2,1-3H3,(H,42,43)(H,38,39,44). The summed E-state index contributed by atoms with van der Waals surface area (Å²) >= 11 is 0. The summed E-state index contributed by atoms with van der Waals surface area (Å²) in [4.78, 5) is 32.8. The van der Waals surface area contributed by atoms with Gasteiger partial charge in [-0.15, -0.1) is 4.99 Å². The van der Waals surface area contributed by atoms with Crippen LogP contribution in [-0.4, -0.2) is 57.0 Å². The van der Waals surface area contributed by atoms with E-state index in [1.807, 2.05) is 0 Å². The molecule has 4 rings (SSSR count). The highest BCUT2D eigenvalue weighted by molar-refractivity contribution is 5.98. The first-order valence-corrected chi connectivity index (χ1v) is 14.0. The molecular formula is C30H29F6N5O6. The molecule has 1 unspecified atom stereocenters. The summed E-state index contributed by atoms with van der Waals surface area (Å²) in [5, 5.41) is 15.4. The first-order valence-electron chi connectivity index (χ1n) is 14.0. The predicted octanol–water partition coefficient (Wildman–Crippen LogP) is 7.56. The molecule has 47 heavy (non-hydrogen) atoms. The lowest BCUT2D eigenvalue weighted by Crippen LogP contribution is -2.46. The van der Waals surface area contributed by atoms with Gasteiger partial charge in [0.25, 0.3) is 0 Å². The van der Waals surface area contributed by atoms with E-state index in [4.69, 9.17) is 14.0 Å². The number of ether oxygens (including phenoxy) is 2. The van der Waals surface area contributed by atoms with Crippen molar-refractivity contribution in [1.29, 1.82) is 0 Å². The fourth-order valence-electron chi connectivity index (χ4n) is 4.64. The molecule has 17 heteroatoms. The van der Waals surface area contributed by atoms with Crippen LogP contribution in [0.25, 0.3) is 17.5 Å². The van der Waals surface area contributed by atoms with E-state index in [1.165, 1.54) is 29.2 Å². The van der Waals surface area contributed by atoms with Crippen molar-refractivity contribution in [2.24, 2.45) is 4.99 Å². The normalized spacial score (nSPS) is 16.1. The lowest BCUT2D eigenvalue weighted by molar-refractivity contribution is -0.139. The summed E-state index contributed by atoms with van der Waals surface area (Å²) in [5.41, 5.74) is -3.25. The third-order valence-electron chi connectivity index (χ3n) is 6.51. The number of likely N-dealkylation sites (tertiary alicyclic amines) is 1. The number of carbonyl (C=O) groups excluding carboxylic acids is 1. The average molecular weight is 670 g/mol. The third-order valence-corrected chi connectivity index (χ3v) is 6.51. The Balaban J connectivity index is 1.53. The number of hydrogen-bond acceptors (Lipinski definition) is 7. The number of rotatable bonds is 6. The van der Waals surface area contributed by atoms with Crippen molar-refractivity contribution >= 4 is 24.2 Å². The Labute approximate surface area is 263 Å². The van der Waals surface area contributed by atoms with Gasteiger partial charge in [-0.2, -0.15) is 31.3 Å². The van der Waals surface area contributed by atoms with Gasteiger partial charge in [0.05, 0.1) is 11.1 Å². The number of halogens is 6. The second-order valence-electron chi connectivity index (χ2n) is 11.2. The number of aliphatic imine (C=N–C) groups is 1. The van der Waals surface area contributed by atoms with Crippen molar-refractivity contribution in [3.63, 3.8) is 0 Å². The Morgan fingerprint density at radius 1 is 1.09 bits per heavy atom. The molecule has 11 nitrogen and oxygen atoms in total. The number of nitrogens with one attached hydrogen (secondary N) is 1. The number of amides is 2. The number of hydrogen-bond donors (Lipinski definition) is 2. The molecule has 2 aromatic carbocycles. The van der Waals surface area contributed by atoms with E-state index in [0.717, 1.165) is 30.4 Å². The van der Waals surface area contributed by atoms with Crippen LogP contribution in [0.3, 0.4) is 0 Å². The van der Waals surface area contributed by atoms with Gasteiger partial charge in [0.1, 0.15) is 24.0 Å². The van der Waals surface area contributed by atoms with Crippen LogP contribution in [0.5, 0.6) is 5.75 Å². The van der Waals surface area contributed by atoms with Gasteiger partial charge >= 0.3 is 24.5 Å². The lowest BCUT2D eigenvalue weighted by atomic mass is 10.1. The van der Waals surface area contributed by atoms with Crippen LogP contribution in [-0.2, 0) is 17.1 Å². The number of guanidine groups is 1. The fourth-order valence-corrected chi connectivity index (χ4v) is 4.64. The monoisotopic (exact) mass is 669 g/mol. The van der Waals surface area contributed by atoms with Crippen molar-refractivity contribution in [1.82, 2.24) is 20.4 Å². The molecule has 1 aliphatic rings. The molecular weight excluding hydrogens is 640 g/mol. The molecule has 3 aromatic rings. The second-order valence-corrected chi connectivity index (χ2v) is 11.2. The van der Waals surface area contributed by atoms with Gasteiger partial charge in [0.2, 0.25) is 17.7 Å². The number of nitrogens with zero attached hydrogens (tertiary/aromatic N) is 4. The van der Waals surface area contributed by atoms with Crippen molar-refractivity contribution < 1.29 is 55.0 Å². The summed E-state index contributed by atoms with van der Waals surface area (Å²) in [6, 6.07) is 6.95. The number of alkyl carbamates (subject to hydrolysis) is 1. The van der Waals surface area contributed by atoms with E-state index in [1.54, 1.807) is 20.8 Å². The first-order chi connectivity index (χ1) is 21.9. The zero-order valence-corrected chi connectivity index (χ0v) is 25.1. The Morgan fingerprint density at radius 3 is 2.45 bits per heavy atom. The molecule has 1 aromatic heterocycles. The second kappa shape index (κ2) is 13.7. The summed E-state index contributed by atoms with van der Waals surface area (Å²) in [5.74, 6) is -1.22. The minimum absolute atomic E-state index is 0.0697. The van der Waals surface area contributed by atoms with E-state index in [9.17, 15) is 41.0 Å². The van der Waals surface area contributed by atoms with E-state index < -0.39 is 59.7 Å². The molecule has 252 valence electrons. The van der Waals surface area contributed by atoms with Crippen LogP contribution in [0.2, 0.25) is 0 Å². The Morgan fingerprint density at radius 2 is 1.79 bits per heavy atom. The minimum Gasteiger partial charge on any atom is -0.489 e. The first kappa shape index (κ1) is 34.8. The van der Waals surface area contributed by atoms with E-state index >= 15 is 0 Å². The molecule has 0 saturated carbocycles. The maximum Gasteiger partial charge on any atom is 0.434 e. The number of carboxylic acid groups (broad SMARTS) is 1. The highest BCUT2D eigenvalue weighted by atomic mass is 19.4. The maximum absolute atomic E-state index is 14.0. The van der Waals surface area contributed by atoms with Crippen LogP contribution in [0.4, 0.5) is 35.9 Å². The van der Waals surface area contributed by atoms with Gasteiger partial charge in [0, 0.05) is 12.1 Å². The van der Waals surface area contributed by atoms with Gasteiger partial charge in [-0.05, 0) is 69.5 Å². The van der Waals surface area contributed by atoms with Crippen LogP contribution in [0.1, 0.15) is 62.2 Å². The smallest absolute Gasteiger partial charge is 0.434 e. The number of alkyl halides is 6. The molecule has 0 aliphatic carbocycles. The van der Waals surface area contributed by atoms with Crippen molar-refractivity contribution in [3.8, 4) is 17.1 Å². The summed E-state index contributed by atoms with van der Waals surface area (Å²) in [7, 11) is 0. The number of carbonyl (C=O) groups is 2. The molecule has 2 amide bonds. The number of aromatic nitrogens is 2. The zero-order chi connectivity index (χ0) is 34.6. The highest BCUT2D eigenvalue weighted by Gasteiger charge is 2.37. The van der Waals surface area contributed by atoms with Crippen molar-refractivity contribution in [2.75, 3.05) is 13.2 Å². The van der Waals surface area contributed by atoms with Gasteiger partial charge in [-0.25, -0.2) is 9.59 Å². The van der Waals surface area contributed by atoms with E-state index in [0.29, 0.717) is 12.8 Å². The van der Waals surface area contributed by atoms with Gasteiger partial charge in [0.15, 0.2) is 0 Å². The SMILES string of the molecule is CC(C)(C)OC(=O)NC(=NC(=O)O)N1CCCC1c1nc(-c2ccc(OCC=Cc3ccccc3C(F)(F)F)c(C(F)(F)F)c2)no1. The van der Waals surface area contributed by atoms with Crippen LogP contribution >= 0.6 is 0 Å². The summed E-state index contributed by atoms with van der Waals surface area (Å²) in [6.45, 7) is 4.60. The lowest BCUT2D eigenvalue weighted by Gasteiger charge is -2.26. The van der Waals surface area contributed by atoms with Gasteiger partial charge in [-0.1, -0.05) is 29.4 Å². The fraction of sp³-hybridized carbons (Fsp3) is 0.367. The van der Waals surface area contributed by atoms with Gasteiger partial charge in [-0.3, -0.25) is 5.32 Å². The van der Waals surface area contributed by atoms with Crippen LogP contribution in [0.15, 0.2) is 58.1 Å². The quantitative estimate of drug-likeness (QED) is 0.155. The molecule has 1 aliphatic heterocycles.